The Balaban J connectivity index is 1.27. The molecule has 204 valence electrons. The fourth-order valence-electron chi connectivity index (χ4n) is 5.42. The van der Waals surface area contributed by atoms with E-state index in [0.717, 1.165) is 58.0 Å². The van der Waals surface area contributed by atoms with Crippen molar-refractivity contribution in [2.75, 3.05) is 26.3 Å². The molecule has 6 nitrogen and oxygen atoms in total. The van der Waals surface area contributed by atoms with Crippen LogP contribution in [0, 0.1) is 5.41 Å². The lowest BCUT2D eigenvalue weighted by Gasteiger charge is -2.06. The van der Waals surface area contributed by atoms with Crippen molar-refractivity contribution < 1.29 is 19.4 Å². The predicted octanol–water partition coefficient (Wildman–Crippen LogP) is 5.80. The van der Waals surface area contributed by atoms with E-state index in [4.69, 9.17) is 9.84 Å². The number of hydrogen-bond donors (Lipinski definition) is 3. The molecule has 0 heterocycles. The quantitative estimate of drug-likeness (QED) is 0.110. The number of unbranched alkanes of at least 4 members (excludes halogenated alkanes) is 16. The number of carbonyl (C=O) groups excluding carboxylic acids is 2. The molecule has 3 N–H and O–H groups in total. The number of aliphatic hydroxyl groups excluding tert-OH is 1. The highest BCUT2D eigenvalue weighted by Crippen LogP contribution is 2.78. The van der Waals surface area contributed by atoms with Gasteiger partial charge in [-0.3, -0.25) is 9.59 Å². The SMILES string of the molecule is CC(=O)OCCCCCCCCCCCCCCCCNC12CC1(C(=O)NCCCCCCO)C2. The van der Waals surface area contributed by atoms with Crippen LogP contribution < -0.4 is 10.6 Å². The maximum Gasteiger partial charge on any atom is 0.302 e. The topological polar surface area (TPSA) is 87.7 Å². The van der Waals surface area contributed by atoms with E-state index < -0.39 is 0 Å². The molecule has 2 aliphatic rings. The van der Waals surface area contributed by atoms with Gasteiger partial charge in [-0.25, -0.2) is 0 Å². The summed E-state index contributed by atoms with van der Waals surface area (Å²) >= 11 is 0. The average Bonchev–Trinajstić information content (AvgIpc) is 3.67. The summed E-state index contributed by atoms with van der Waals surface area (Å²) in [6.07, 6.45) is 24.3. The molecule has 2 rings (SSSR count). The van der Waals surface area contributed by atoms with Gasteiger partial charge in [0.25, 0.3) is 0 Å². The highest BCUT2D eigenvalue weighted by atomic mass is 16.5. The fourth-order valence-corrected chi connectivity index (χ4v) is 5.42. The molecule has 0 aromatic heterocycles. The van der Waals surface area contributed by atoms with Gasteiger partial charge < -0.3 is 20.5 Å². The lowest BCUT2D eigenvalue weighted by atomic mass is 10.0. The van der Waals surface area contributed by atoms with Gasteiger partial charge in [0, 0.05) is 25.6 Å². The van der Waals surface area contributed by atoms with E-state index in [0.29, 0.717) is 6.61 Å². The molecular weight excluding hydrogens is 440 g/mol. The minimum Gasteiger partial charge on any atom is -0.466 e. The Morgan fingerprint density at radius 3 is 1.66 bits per heavy atom. The first-order valence-corrected chi connectivity index (χ1v) is 14.8. The van der Waals surface area contributed by atoms with Crippen molar-refractivity contribution in [3.63, 3.8) is 0 Å². The lowest BCUT2D eigenvalue weighted by Crippen LogP contribution is -2.30. The highest BCUT2D eigenvalue weighted by molar-refractivity contribution is 5.93. The smallest absolute Gasteiger partial charge is 0.302 e. The average molecular weight is 495 g/mol. The third-order valence-corrected chi connectivity index (χ3v) is 8.02. The zero-order valence-electron chi connectivity index (χ0n) is 22.6. The zero-order chi connectivity index (χ0) is 25.2. The van der Waals surface area contributed by atoms with Crippen molar-refractivity contribution in [3.8, 4) is 0 Å². The molecule has 1 amide bonds. The zero-order valence-corrected chi connectivity index (χ0v) is 22.6. The second-order valence-corrected chi connectivity index (χ2v) is 11.1. The summed E-state index contributed by atoms with van der Waals surface area (Å²) in [5.74, 6) is 0.101. The Bertz CT molecular complexity index is 589. The van der Waals surface area contributed by atoms with E-state index in [1.165, 1.54) is 90.4 Å². The summed E-state index contributed by atoms with van der Waals surface area (Å²) in [7, 11) is 0. The van der Waals surface area contributed by atoms with Gasteiger partial charge in [0.2, 0.25) is 5.91 Å². The first-order chi connectivity index (χ1) is 17.1. The number of amides is 1. The maximum absolute atomic E-state index is 12.5. The monoisotopic (exact) mass is 494 g/mol. The second-order valence-electron chi connectivity index (χ2n) is 11.1. The molecule has 0 aromatic carbocycles. The summed E-state index contributed by atoms with van der Waals surface area (Å²) in [6.45, 7) is 4.16. The molecular formula is C29H54N2O4. The molecule has 2 saturated carbocycles. The van der Waals surface area contributed by atoms with Crippen molar-refractivity contribution in [1.29, 1.82) is 0 Å². The van der Waals surface area contributed by atoms with Gasteiger partial charge in [-0.15, -0.1) is 0 Å². The van der Waals surface area contributed by atoms with Crippen LogP contribution in [0.2, 0.25) is 0 Å². The molecule has 0 atom stereocenters. The molecule has 35 heavy (non-hydrogen) atoms. The molecule has 0 radical (unpaired) electrons. The Labute approximate surface area is 214 Å². The number of ether oxygens (including phenoxy) is 1. The van der Waals surface area contributed by atoms with Crippen LogP contribution in [0.15, 0.2) is 0 Å². The van der Waals surface area contributed by atoms with Crippen LogP contribution in [0.5, 0.6) is 0 Å². The van der Waals surface area contributed by atoms with Gasteiger partial charge in [0.1, 0.15) is 0 Å². The number of fused-ring (bicyclic) bond motifs is 1. The Hall–Kier alpha value is -1.14. The Morgan fingerprint density at radius 2 is 1.14 bits per heavy atom. The minimum absolute atomic E-state index is 0.0661. The summed E-state index contributed by atoms with van der Waals surface area (Å²) in [6, 6.07) is 0. The van der Waals surface area contributed by atoms with Gasteiger partial charge in [-0.1, -0.05) is 89.9 Å². The van der Waals surface area contributed by atoms with E-state index in [9.17, 15) is 9.59 Å². The Morgan fingerprint density at radius 1 is 0.686 bits per heavy atom. The number of rotatable bonds is 25. The molecule has 0 bridgehead atoms. The van der Waals surface area contributed by atoms with E-state index >= 15 is 0 Å². The van der Waals surface area contributed by atoms with Crippen LogP contribution in [-0.2, 0) is 14.3 Å². The van der Waals surface area contributed by atoms with Crippen LogP contribution in [0.25, 0.3) is 0 Å². The number of esters is 1. The van der Waals surface area contributed by atoms with Crippen LogP contribution in [-0.4, -0.2) is 48.8 Å². The standard InChI is InChI=1S/C29H54N2O4/c1-26(33)35-23-19-15-11-9-7-5-3-2-4-6-8-10-12-17-21-31-29-24-28(29,25-29)27(34)30-20-16-13-14-18-22-32/h31-32H,2-25H2,1H3,(H,30,34). The van der Waals surface area contributed by atoms with Gasteiger partial charge in [0.05, 0.1) is 12.0 Å². The van der Waals surface area contributed by atoms with Crippen LogP contribution in [0.4, 0.5) is 0 Å². The molecule has 0 aliphatic heterocycles. The van der Waals surface area contributed by atoms with E-state index in [2.05, 4.69) is 10.6 Å². The largest absolute Gasteiger partial charge is 0.466 e. The third-order valence-electron chi connectivity index (χ3n) is 8.02. The predicted molar refractivity (Wildman–Crippen MR) is 142 cm³/mol. The number of hydrogen-bond acceptors (Lipinski definition) is 5. The van der Waals surface area contributed by atoms with Gasteiger partial charge >= 0.3 is 5.97 Å². The molecule has 2 aliphatic carbocycles. The third kappa shape index (κ3) is 11.6. The van der Waals surface area contributed by atoms with Gasteiger partial charge in [-0.2, -0.15) is 0 Å². The van der Waals surface area contributed by atoms with Crippen molar-refractivity contribution in [2.45, 2.75) is 141 Å². The molecule has 0 aromatic rings. The molecule has 0 unspecified atom stereocenters. The van der Waals surface area contributed by atoms with E-state index in [-0.39, 0.29) is 29.4 Å². The summed E-state index contributed by atoms with van der Waals surface area (Å²) in [5, 5.41) is 15.6. The van der Waals surface area contributed by atoms with Crippen molar-refractivity contribution in [3.05, 3.63) is 0 Å². The van der Waals surface area contributed by atoms with Crippen molar-refractivity contribution in [1.82, 2.24) is 10.6 Å². The number of aliphatic hydroxyl groups is 1. The first kappa shape index (κ1) is 30.1. The lowest BCUT2D eigenvalue weighted by molar-refractivity contribution is -0.141. The van der Waals surface area contributed by atoms with Crippen molar-refractivity contribution in [2.24, 2.45) is 5.41 Å². The minimum atomic E-state index is -0.166. The van der Waals surface area contributed by atoms with Crippen molar-refractivity contribution >= 4 is 11.9 Å². The second kappa shape index (κ2) is 17.3. The summed E-state index contributed by atoms with van der Waals surface area (Å²) in [4.78, 5) is 23.1. The molecule has 6 heteroatoms. The fraction of sp³-hybridized carbons (Fsp3) is 0.931. The van der Waals surface area contributed by atoms with Gasteiger partial charge in [0.15, 0.2) is 0 Å². The molecule has 0 saturated heterocycles. The number of nitrogens with one attached hydrogen (secondary N) is 2. The van der Waals surface area contributed by atoms with E-state index in [1.807, 2.05) is 0 Å². The Kier molecular flexibility index (Phi) is 14.9. The van der Waals surface area contributed by atoms with Gasteiger partial charge in [-0.05, 0) is 45.1 Å². The summed E-state index contributed by atoms with van der Waals surface area (Å²) in [5.41, 5.74) is 0.0845. The molecule has 2 fully saturated rings. The summed E-state index contributed by atoms with van der Waals surface area (Å²) < 4.78 is 4.95. The maximum atomic E-state index is 12.5. The van der Waals surface area contributed by atoms with E-state index in [1.54, 1.807) is 0 Å². The normalized spacial score (nSPS) is 22.0. The first-order valence-electron chi connectivity index (χ1n) is 14.8. The number of carbonyl (C=O) groups is 2. The van der Waals surface area contributed by atoms with Crippen LogP contribution >= 0.6 is 0 Å². The molecule has 0 spiro atoms. The highest BCUT2D eigenvalue weighted by Gasteiger charge is 2.86. The van der Waals surface area contributed by atoms with Crippen LogP contribution in [0.3, 0.4) is 0 Å². The van der Waals surface area contributed by atoms with Crippen LogP contribution in [0.1, 0.15) is 135 Å².